The van der Waals surface area contributed by atoms with Crippen LogP contribution in [-0.2, 0) is 16.0 Å². The molecule has 0 spiro atoms. The number of hydrogen-bond donors (Lipinski definition) is 1. The summed E-state index contributed by atoms with van der Waals surface area (Å²) in [5.74, 6) is 1.12. The van der Waals surface area contributed by atoms with E-state index in [2.05, 4.69) is 20.2 Å². The predicted molar refractivity (Wildman–Crippen MR) is 117 cm³/mol. The lowest BCUT2D eigenvalue weighted by Gasteiger charge is -2.20. The van der Waals surface area contributed by atoms with E-state index in [0.29, 0.717) is 29.6 Å². The van der Waals surface area contributed by atoms with Crippen LogP contribution >= 0.6 is 11.3 Å². The molecule has 3 aromatic rings. The molecule has 2 aliphatic rings. The zero-order valence-corrected chi connectivity index (χ0v) is 17.3. The number of para-hydroxylation sites is 2. The number of rotatable bonds is 5. The topological polar surface area (TPSA) is 91.3 Å². The van der Waals surface area contributed by atoms with Crippen LogP contribution in [0.3, 0.4) is 0 Å². The lowest BCUT2D eigenvalue weighted by atomic mass is 10.3. The van der Waals surface area contributed by atoms with Gasteiger partial charge in [-0.1, -0.05) is 12.1 Å². The molecule has 0 atom stereocenters. The quantitative estimate of drug-likeness (QED) is 0.680. The molecule has 5 rings (SSSR count). The maximum atomic E-state index is 12.8. The van der Waals surface area contributed by atoms with Crippen molar-refractivity contribution in [1.82, 2.24) is 15.0 Å². The molecule has 30 heavy (non-hydrogen) atoms. The minimum Gasteiger partial charge on any atom is -0.354 e. The maximum Gasteiger partial charge on any atom is 0.231 e. The Hall–Kier alpha value is -3.07. The molecule has 154 valence electrons. The molecule has 0 unspecified atom stereocenters. The highest BCUT2D eigenvalue weighted by molar-refractivity contribution is 7.14. The van der Waals surface area contributed by atoms with E-state index in [1.807, 2.05) is 29.6 Å². The van der Waals surface area contributed by atoms with Gasteiger partial charge in [0, 0.05) is 31.4 Å². The molecular formula is C21H22N6O2S. The third-order valence-corrected chi connectivity index (χ3v) is 6.31. The standard InChI is InChI=1S/C21H22N6O2S/c28-17(12-14-13-30-21(22-14)27-11-5-8-18(27)29)25-19-20(26-9-3-4-10-26)24-16-7-2-1-6-15(16)23-19/h1-2,6-7,13H,3-5,8-12H2,(H,23,25,28). The van der Waals surface area contributed by atoms with Crippen LogP contribution in [0.5, 0.6) is 0 Å². The first-order valence-corrected chi connectivity index (χ1v) is 11.1. The van der Waals surface area contributed by atoms with Gasteiger partial charge in [0.15, 0.2) is 16.8 Å². The van der Waals surface area contributed by atoms with Crippen molar-refractivity contribution < 1.29 is 9.59 Å². The van der Waals surface area contributed by atoms with Crippen molar-refractivity contribution in [3.8, 4) is 0 Å². The van der Waals surface area contributed by atoms with Crippen molar-refractivity contribution in [2.24, 2.45) is 0 Å². The smallest absolute Gasteiger partial charge is 0.231 e. The largest absolute Gasteiger partial charge is 0.354 e. The molecule has 0 saturated carbocycles. The molecule has 8 nitrogen and oxygen atoms in total. The lowest BCUT2D eigenvalue weighted by Crippen LogP contribution is -2.24. The van der Waals surface area contributed by atoms with Crippen LogP contribution in [0.25, 0.3) is 11.0 Å². The Kier molecular flexibility index (Phi) is 5.04. The second-order valence-electron chi connectivity index (χ2n) is 7.57. The lowest BCUT2D eigenvalue weighted by molar-refractivity contribution is -0.117. The van der Waals surface area contributed by atoms with Gasteiger partial charge in [0.25, 0.3) is 0 Å². The van der Waals surface area contributed by atoms with Gasteiger partial charge in [-0.05, 0) is 31.4 Å². The maximum absolute atomic E-state index is 12.8. The molecule has 2 saturated heterocycles. The number of carbonyl (C=O) groups excluding carboxylic acids is 2. The number of anilines is 3. The number of hydrogen-bond acceptors (Lipinski definition) is 7. The van der Waals surface area contributed by atoms with Crippen LogP contribution in [0.1, 0.15) is 31.4 Å². The van der Waals surface area contributed by atoms with Crippen LogP contribution in [0.4, 0.5) is 16.8 Å². The molecule has 0 radical (unpaired) electrons. The molecule has 1 aromatic carbocycles. The van der Waals surface area contributed by atoms with E-state index in [1.54, 1.807) is 4.90 Å². The Morgan fingerprint density at radius 2 is 1.80 bits per heavy atom. The predicted octanol–water partition coefficient (Wildman–Crippen LogP) is 2.99. The molecule has 9 heteroatoms. The van der Waals surface area contributed by atoms with E-state index in [-0.39, 0.29) is 18.2 Å². The Morgan fingerprint density at radius 1 is 1.03 bits per heavy atom. The molecule has 2 fully saturated rings. The minimum absolute atomic E-state index is 0.0991. The van der Waals surface area contributed by atoms with Gasteiger partial charge in [0.2, 0.25) is 11.8 Å². The third kappa shape index (κ3) is 3.72. The Labute approximate surface area is 177 Å². The minimum atomic E-state index is -0.190. The Morgan fingerprint density at radius 3 is 2.53 bits per heavy atom. The van der Waals surface area contributed by atoms with E-state index in [4.69, 9.17) is 4.98 Å². The number of carbonyl (C=O) groups is 2. The first-order chi connectivity index (χ1) is 14.7. The van der Waals surface area contributed by atoms with Crippen LogP contribution in [0.15, 0.2) is 29.6 Å². The highest BCUT2D eigenvalue weighted by atomic mass is 32.1. The number of nitrogens with zero attached hydrogens (tertiary/aromatic N) is 5. The summed E-state index contributed by atoms with van der Waals surface area (Å²) in [6.45, 7) is 2.52. The fraction of sp³-hybridized carbons (Fsp3) is 0.381. The number of fused-ring (bicyclic) bond motifs is 1. The summed E-state index contributed by atoms with van der Waals surface area (Å²) in [7, 11) is 0. The Balaban J connectivity index is 1.36. The summed E-state index contributed by atoms with van der Waals surface area (Å²) < 4.78 is 0. The van der Waals surface area contributed by atoms with Gasteiger partial charge in [-0.2, -0.15) is 0 Å². The van der Waals surface area contributed by atoms with E-state index in [1.165, 1.54) is 11.3 Å². The Bertz CT molecular complexity index is 1110. The second-order valence-corrected chi connectivity index (χ2v) is 8.41. The fourth-order valence-electron chi connectivity index (χ4n) is 3.92. The van der Waals surface area contributed by atoms with Gasteiger partial charge >= 0.3 is 0 Å². The molecule has 2 aliphatic heterocycles. The number of nitrogens with one attached hydrogen (secondary N) is 1. The summed E-state index contributed by atoms with van der Waals surface area (Å²) in [6, 6.07) is 7.68. The van der Waals surface area contributed by atoms with E-state index in [9.17, 15) is 9.59 Å². The van der Waals surface area contributed by atoms with E-state index < -0.39 is 0 Å². The van der Waals surface area contributed by atoms with Crippen molar-refractivity contribution in [2.75, 3.05) is 34.8 Å². The first kappa shape index (κ1) is 18.9. The van der Waals surface area contributed by atoms with Gasteiger partial charge in [-0.25, -0.2) is 15.0 Å². The second kappa shape index (κ2) is 7.98. The van der Waals surface area contributed by atoms with Crippen molar-refractivity contribution in [1.29, 1.82) is 0 Å². The number of amides is 2. The van der Waals surface area contributed by atoms with E-state index >= 15 is 0 Å². The van der Waals surface area contributed by atoms with Gasteiger partial charge in [0.1, 0.15) is 0 Å². The van der Waals surface area contributed by atoms with Crippen LogP contribution in [0.2, 0.25) is 0 Å². The normalized spacial score (nSPS) is 16.6. The van der Waals surface area contributed by atoms with Crippen LogP contribution in [0, 0.1) is 0 Å². The van der Waals surface area contributed by atoms with Crippen LogP contribution in [-0.4, -0.2) is 46.4 Å². The zero-order chi connectivity index (χ0) is 20.5. The summed E-state index contributed by atoms with van der Waals surface area (Å²) in [5, 5.41) is 5.46. The highest BCUT2D eigenvalue weighted by Crippen LogP contribution is 2.29. The number of aromatic nitrogens is 3. The van der Waals surface area contributed by atoms with Gasteiger partial charge in [-0.3, -0.25) is 14.5 Å². The summed E-state index contributed by atoms with van der Waals surface area (Å²) in [4.78, 5) is 42.5. The summed E-state index contributed by atoms with van der Waals surface area (Å²) in [5.41, 5.74) is 2.22. The highest BCUT2D eigenvalue weighted by Gasteiger charge is 2.25. The third-order valence-electron chi connectivity index (χ3n) is 5.40. The average Bonchev–Trinajstić information content (AvgIpc) is 3.49. The molecule has 2 aromatic heterocycles. The number of thiazole rings is 1. The van der Waals surface area contributed by atoms with Crippen molar-refractivity contribution in [3.63, 3.8) is 0 Å². The molecular weight excluding hydrogens is 400 g/mol. The molecule has 0 aliphatic carbocycles. The van der Waals surface area contributed by atoms with Gasteiger partial charge < -0.3 is 10.2 Å². The zero-order valence-electron chi connectivity index (χ0n) is 16.5. The summed E-state index contributed by atoms with van der Waals surface area (Å²) in [6.07, 6.45) is 3.77. The molecule has 0 bridgehead atoms. The van der Waals surface area contributed by atoms with Crippen molar-refractivity contribution in [2.45, 2.75) is 32.1 Å². The molecule has 4 heterocycles. The van der Waals surface area contributed by atoms with Crippen molar-refractivity contribution in [3.05, 3.63) is 35.3 Å². The van der Waals surface area contributed by atoms with E-state index in [0.717, 1.165) is 49.2 Å². The molecule has 1 N–H and O–H groups in total. The van der Waals surface area contributed by atoms with Gasteiger partial charge in [0.05, 0.1) is 23.1 Å². The number of benzene rings is 1. The van der Waals surface area contributed by atoms with Gasteiger partial charge in [-0.15, -0.1) is 11.3 Å². The summed E-state index contributed by atoms with van der Waals surface area (Å²) >= 11 is 1.40. The fourth-order valence-corrected chi connectivity index (χ4v) is 4.78. The SMILES string of the molecule is O=C(Cc1csc(N2CCCC2=O)n1)Nc1nc2ccccc2nc1N1CCCC1. The monoisotopic (exact) mass is 422 g/mol. The molecule has 2 amide bonds. The average molecular weight is 423 g/mol. The van der Waals surface area contributed by atoms with Crippen LogP contribution < -0.4 is 15.1 Å². The van der Waals surface area contributed by atoms with Crippen molar-refractivity contribution >= 4 is 51.0 Å². The first-order valence-electron chi connectivity index (χ1n) is 10.2.